The van der Waals surface area contributed by atoms with Gasteiger partial charge in [0, 0.05) is 0 Å². The topological polar surface area (TPSA) is 92.3 Å². The van der Waals surface area contributed by atoms with E-state index in [4.69, 9.17) is 47.4 Å². The normalized spacial score (nSPS) is 11.3. The molecule has 0 saturated heterocycles. The van der Waals surface area contributed by atoms with E-state index in [-0.39, 0.29) is 0 Å². The second kappa shape index (κ2) is 44.0. The molecule has 0 saturated carbocycles. The third kappa shape index (κ3) is 22.5. The van der Waals surface area contributed by atoms with Crippen LogP contribution in [0.3, 0.4) is 0 Å². The first kappa shape index (κ1) is 78.2. The Hall–Kier alpha value is -7.56. The van der Waals surface area contributed by atoms with E-state index in [1.54, 1.807) is 0 Å². The van der Waals surface area contributed by atoms with E-state index in [0.717, 1.165) is 314 Å². The minimum Gasteiger partial charge on any atom is -0.492 e. The van der Waals surface area contributed by atoms with E-state index >= 15 is 0 Å². The first-order valence-electron chi connectivity index (χ1n) is 39.7. The molecule has 100 heavy (non-hydrogen) atoms. The van der Waals surface area contributed by atoms with Crippen molar-refractivity contribution in [3.63, 3.8) is 0 Å². The van der Waals surface area contributed by atoms with E-state index in [2.05, 4.69) is 166 Å². The molecule has 0 radical (unpaired) electrons. The maximum atomic E-state index is 6.89. The van der Waals surface area contributed by atoms with Gasteiger partial charge < -0.3 is 47.4 Å². The smallest absolute Gasteiger partial charge is 0.161 e. The fraction of sp³-hybridized carbons (Fsp3) is 0.556. The Morgan fingerprint density at radius 3 is 0.450 bits per heavy atom. The van der Waals surface area contributed by atoms with Gasteiger partial charge in [-0.3, -0.25) is 0 Å². The van der Waals surface area contributed by atoms with Crippen molar-refractivity contribution in [3.05, 3.63) is 83.9 Å². The highest BCUT2D eigenvalue weighted by molar-refractivity contribution is 6.28. The summed E-state index contributed by atoms with van der Waals surface area (Å²) >= 11 is 0. The number of unbranched alkanes of at least 4 members (excludes halogenated alkanes) is 20. The average Bonchev–Trinajstić information content (AvgIpc) is 0.734. The van der Waals surface area contributed by atoms with Crippen LogP contribution in [-0.2, 0) is 0 Å². The summed E-state index contributed by atoms with van der Waals surface area (Å²) in [6.45, 7) is 28.2. The van der Waals surface area contributed by atoms with Crippen molar-refractivity contribution in [2.75, 3.05) is 66.1 Å². The lowest BCUT2D eigenvalue weighted by molar-refractivity contribution is 0.260. The number of hydrogen-bond acceptors (Lipinski definition) is 10. The first-order valence-corrected chi connectivity index (χ1v) is 39.7. The minimum absolute atomic E-state index is 0.553. The highest BCUT2D eigenvalue weighted by Crippen LogP contribution is 2.49. The summed E-state index contributed by atoms with van der Waals surface area (Å²) in [4.78, 5) is 0. The quantitative estimate of drug-likeness (QED) is 0.0209. The predicted molar refractivity (Wildman–Crippen MR) is 422 cm³/mol. The van der Waals surface area contributed by atoms with Crippen LogP contribution >= 0.6 is 0 Å². The Bertz CT molecular complexity index is 3580. The SMILES string of the molecule is CCCCCOc1cc2c(cc1C#CC#Cc1cc3c(cc1OCCCCC)c1cc(OCCCCC)c(OCCCCC)cc1c1cc(OCCCCC)c(OCCCCC)cc31)c1cc(OCCCCC)c(OCCCCC)cc1c1cc(OCCCCC)c(OCCCCC)cc21. The molecule has 0 spiro atoms. The molecule has 10 nitrogen and oxygen atoms in total. The molecule has 0 fully saturated rings. The molecule has 0 amide bonds. The summed E-state index contributed by atoms with van der Waals surface area (Å²) in [5, 5.41) is 12.4. The second-order valence-electron chi connectivity index (χ2n) is 27.2. The van der Waals surface area contributed by atoms with Crippen molar-refractivity contribution in [3.8, 4) is 81.2 Å². The van der Waals surface area contributed by atoms with E-state index < -0.39 is 0 Å². The fourth-order valence-electron chi connectivity index (χ4n) is 12.9. The van der Waals surface area contributed by atoms with Crippen molar-refractivity contribution in [1.29, 1.82) is 0 Å². The summed E-state index contributed by atoms with van der Waals surface area (Å²) < 4.78 is 67.6. The fourth-order valence-corrected chi connectivity index (χ4v) is 12.9. The molecule has 0 aliphatic carbocycles. The molecule has 0 atom stereocenters. The standard InChI is InChI=1S/C90H122O10/c1-11-21-33-45-91-81-57-71-69(73-59-83(93-47-35-23-13-3)87(97-51-39-27-17-7)63-77(73)79-65-89(99-53-41-29-19-9)85(61-75(71)79)95-49-37-25-15-5)55-67(81)43-31-32-44-68-56-70-72(58-82(68)92-46-34-22-12-2)76-62-86(96-50-38-26-16-6)90(100-54-42-30-20-10)66-80(76)78-64-88(98-52-40-28-18-8)84(60-74(70)78)94-48-36-24-14-4/h55-66H,11-30,33-42,45-54H2,1-10H3. The number of ether oxygens (including phenoxy) is 10. The summed E-state index contributed by atoms with van der Waals surface area (Å²) in [6, 6.07) is 26.5. The van der Waals surface area contributed by atoms with Crippen molar-refractivity contribution < 1.29 is 47.4 Å². The molecule has 0 aromatic heterocycles. The van der Waals surface area contributed by atoms with Crippen LogP contribution in [0.1, 0.15) is 273 Å². The number of benzene rings is 8. The Balaban J connectivity index is 1.39. The molecule has 0 aliphatic heterocycles. The van der Waals surface area contributed by atoms with Gasteiger partial charge in [-0.2, -0.15) is 0 Å². The van der Waals surface area contributed by atoms with Crippen molar-refractivity contribution >= 4 is 64.6 Å². The van der Waals surface area contributed by atoms with Gasteiger partial charge in [-0.15, -0.1) is 0 Å². The van der Waals surface area contributed by atoms with Crippen LogP contribution < -0.4 is 47.4 Å². The summed E-state index contributed by atoms with van der Waals surface area (Å²) in [7, 11) is 0. The Labute approximate surface area is 601 Å². The molecular weight excluding hydrogens is 1240 g/mol. The van der Waals surface area contributed by atoms with Crippen molar-refractivity contribution in [1.82, 2.24) is 0 Å². The van der Waals surface area contributed by atoms with Crippen LogP contribution in [-0.4, -0.2) is 66.1 Å². The third-order valence-corrected chi connectivity index (χ3v) is 18.8. The summed E-state index contributed by atoms with van der Waals surface area (Å²) in [5.41, 5.74) is 1.51. The Kier molecular flexibility index (Phi) is 34.4. The lowest BCUT2D eigenvalue weighted by Crippen LogP contribution is -2.04. The number of hydrogen-bond donors (Lipinski definition) is 0. The third-order valence-electron chi connectivity index (χ3n) is 18.8. The van der Waals surface area contributed by atoms with Gasteiger partial charge in [0.1, 0.15) is 11.5 Å². The number of rotatable bonds is 50. The van der Waals surface area contributed by atoms with Crippen LogP contribution in [0.15, 0.2) is 72.8 Å². The molecule has 0 bridgehead atoms. The highest BCUT2D eigenvalue weighted by Gasteiger charge is 2.23. The van der Waals surface area contributed by atoms with Gasteiger partial charge in [-0.25, -0.2) is 0 Å². The van der Waals surface area contributed by atoms with Crippen LogP contribution in [0.25, 0.3) is 64.6 Å². The monoisotopic (exact) mass is 1360 g/mol. The molecule has 8 aromatic rings. The van der Waals surface area contributed by atoms with Gasteiger partial charge in [0.25, 0.3) is 0 Å². The molecule has 542 valence electrons. The van der Waals surface area contributed by atoms with E-state index in [1.165, 1.54) is 0 Å². The number of fused-ring (bicyclic) bond motifs is 12. The van der Waals surface area contributed by atoms with Crippen molar-refractivity contribution in [2.45, 2.75) is 262 Å². The molecule has 0 heterocycles. The van der Waals surface area contributed by atoms with Gasteiger partial charge >= 0.3 is 0 Å². The summed E-state index contributed by atoms with van der Waals surface area (Å²) in [6.07, 6.45) is 31.4. The van der Waals surface area contributed by atoms with Gasteiger partial charge in [0.2, 0.25) is 0 Å². The van der Waals surface area contributed by atoms with Crippen LogP contribution in [0.4, 0.5) is 0 Å². The molecule has 0 aliphatic rings. The second-order valence-corrected chi connectivity index (χ2v) is 27.2. The largest absolute Gasteiger partial charge is 0.492 e. The van der Waals surface area contributed by atoms with Gasteiger partial charge in [0.05, 0.1) is 77.2 Å². The first-order chi connectivity index (χ1) is 49.3. The van der Waals surface area contributed by atoms with Gasteiger partial charge in [0.15, 0.2) is 46.0 Å². The molecule has 10 heteroatoms. The Morgan fingerprint density at radius 2 is 0.300 bits per heavy atom. The summed E-state index contributed by atoms with van der Waals surface area (Å²) in [5.74, 6) is 21.4. The van der Waals surface area contributed by atoms with Crippen LogP contribution in [0, 0.1) is 23.7 Å². The zero-order valence-electron chi connectivity index (χ0n) is 63.3. The molecular formula is C90H122O10. The van der Waals surface area contributed by atoms with Crippen LogP contribution in [0.5, 0.6) is 57.5 Å². The predicted octanol–water partition coefficient (Wildman–Crippen LogP) is 25.7. The average molecular weight is 1360 g/mol. The lowest BCUT2D eigenvalue weighted by atomic mass is 9.92. The van der Waals surface area contributed by atoms with Gasteiger partial charge in [-0.1, -0.05) is 198 Å². The zero-order valence-corrected chi connectivity index (χ0v) is 63.3. The maximum absolute atomic E-state index is 6.89. The molecule has 8 aromatic carbocycles. The molecule has 0 N–H and O–H groups in total. The van der Waals surface area contributed by atoms with E-state index in [9.17, 15) is 0 Å². The van der Waals surface area contributed by atoms with E-state index in [1.807, 2.05) is 0 Å². The maximum Gasteiger partial charge on any atom is 0.161 e. The minimum atomic E-state index is 0.553. The molecule has 0 unspecified atom stereocenters. The van der Waals surface area contributed by atoms with Crippen molar-refractivity contribution in [2.24, 2.45) is 0 Å². The highest BCUT2D eigenvalue weighted by atomic mass is 16.5. The van der Waals surface area contributed by atoms with Crippen LogP contribution in [0.2, 0.25) is 0 Å². The van der Waals surface area contributed by atoms with E-state index in [0.29, 0.717) is 77.6 Å². The zero-order chi connectivity index (χ0) is 70.5. The molecule has 8 rings (SSSR count). The lowest BCUT2D eigenvalue weighted by Gasteiger charge is -2.20. The van der Waals surface area contributed by atoms with Gasteiger partial charge in [-0.05, 0) is 225 Å². The Morgan fingerprint density at radius 1 is 0.170 bits per heavy atom.